The lowest BCUT2D eigenvalue weighted by molar-refractivity contribution is 1.08. The molecule has 0 aliphatic rings. The Morgan fingerprint density at radius 2 is 0.873 bits per heavy atom. The third-order valence-corrected chi connectivity index (χ3v) is 11.9. The average Bonchev–Trinajstić information content (AvgIpc) is 3.66. The average molecular weight is 718 g/mol. The molecule has 256 valence electrons. The topological polar surface area (TPSA) is 38.7 Å². The van der Waals surface area contributed by atoms with Gasteiger partial charge in [0, 0.05) is 42.2 Å². The fourth-order valence-electron chi connectivity index (χ4n) is 7.96. The molecule has 0 N–H and O–H groups in total. The molecule has 0 aliphatic carbocycles. The molecule has 3 nitrogen and oxygen atoms in total. The van der Waals surface area contributed by atoms with Crippen molar-refractivity contribution in [1.29, 1.82) is 0 Å². The van der Waals surface area contributed by atoms with Crippen LogP contribution in [0.25, 0.3) is 109 Å². The van der Waals surface area contributed by atoms with E-state index in [1.807, 2.05) is 29.5 Å². The molecule has 11 aromatic rings. The summed E-state index contributed by atoms with van der Waals surface area (Å²) in [6.07, 6.45) is 0. The van der Waals surface area contributed by atoms with E-state index >= 15 is 0 Å². The minimum Gasteiger partial charge on any atom is -0.208 e. The maximum atomic E-state index is 5.34. The molecular weight excluding hydrogens is 687 g/mol. The predicted molar refractivity (Wildman–Crippen MR) is 232 cm³/mol. The number of hydrogen-bond donors (Lipinski definition) is 0. The molecule has 0 bridgehead atoms. The van der Waals surface area contributed by atoms with Gasteiger partial charge in [0.25, 0.3) is 0 Å². The lowest BCUT2D eigenvalue weighted by atomic mass is 9.93. The smallest absolute Gasteiger partial charge is 0.164 e. The van der Waals surface area contributed by atoms with Crippen LogP contribution in [-0.4, -0.2) is 15.0 Å². The number of fused-ring (bicyclic) bond motifs is 7. The molecular formula is C51H31N3S. The summed E-state index contributed by atoms with van der Waals surface area (Å²) < 4.78 is 2.48. The molecule has 11 rings (SSSR count). The van der Waals surface area contributed by atoms with Gasteiger partial charge in [-0.2, -0.15) is 0 Å². The molecule has 0 radical (unpaired) electrons. The minimum absolute atomic E-state index is 0.647. The van der Waals surface area contributed by atoms with Gasteiger partial charge in [0.15, 0.2) is 17.5 Å². The molecule has 0 atom stereocenters. The summed E-state index contributed by atoms with van der Waals surface area (Å²) in [7, 11) is 0. The first-order valence-corrected chi connectivity index (χ1v) is 19.3. The van der Waals surface area contributed by atoms with E-state index in [1.165, 1.54) is 69.4 Å². The van der Waals surface area contributed by atoms with Crippen molar-refractivity contribution in [3.8, 4) is 56.4 Å². The number of thiophene rings is 1. The highest BCUT2D eigenvalue weighted by atomic mass is 32.1. The van der Waals surface area contributed by atoms with Crippen LogP contribution in [0.2, 0.25) is 0 Å². The van der Waals surface area contributed by atoms with Gasteiger partial charge in [0.05, 0.1) is 0 Å². The van der Waals surface area contributed by atoms with Crippen molar-refractivity contribution < 1.29 is 0 Å². The van der Waals surface area contributed by atoms with Crippen molar-refractivity contribution in [2.45, 2.75) is 0 Å². The zero-order valence-corrected chi connectivity index (χ0v) is 30.5. The maximum absolute atomic E-state index is 5.34. The van der Waals surface area contributed by atoms with Gasteiger partial charge in [-0.3, -0.25) is 0 Å². The first kappa shape index (κ1) is 31.5. The van der Waals surface area contributed by atoms with Gasteiger partial charge in [0.1, 0.15) is 0 Å². The number of aromatic nitrogens is 3. The van der Waals surface area contributed by atoms with Crippen molar-refractivity contribution in [2.75, 3.05) is 0 Å². The largest absolute Gasteiger partial charge is 0.208 e. The summed E-state index contributed by atoms with van der Waals surface area (Å²) in [5.74, 6) is 1.95. The van der Waals surface area contributed by atoms with E-state index in [0.29, 0.717) is 17.5 Å². The standard InChI is InChI=1S/C51H31N3S/c1-3-12-32(13-4-1)36-23-24-38-30-40(27-25-37(38)28-36)50-52-49(34-15-5-2-6-16-34)53-51(54-50)45-31-44-41(39-26-22-33-14-7-8-17-35(33)29-39)19-11-20-42(44)48-47(45)43-18-9-10-21-46(43)55-48/h1-31H. The molecule has 0 fully saturated rings. The lowest BCUT2D eigenvalue weighted by Gasteiger charge is -2.14. The number of nitrogens with zero attached hydrogens (tertiary/aromatic N) is 3. The zero-order chi connectivity index (χ0) is 36.3. The van der Waals surface area contributed by atoms with Crippen molar-refractivity contribution in [1.82, 2.24) is 15.0 Å². The Balaban J connectivity index is 1.16. The van der Waals surface area contributed by atoms with Crippen LogP contribution in [0.15, 0.2) is 188 Å². The Morgan fingerprint density at radius 3 is 1.69 bits per heavy atom. The Labute approximate surface area is 321 Å². The first-order valence-electron chi connectivity index (χ1n) is 18.5. The lowest BCUT2D eigenvalue weighted by Crippen LogP contribution is -2.00. The summed E-state index contributed by atoms with van der Waals surface area (Å²) in [5.41, 5.74) is 7.67. The van der Waals surface area contributed by atoms with E-state index in [-0.39, 0.29) is 0 Å². The molecule has 0 aliphatic heterocycles. The van der Waals surface area contributed by atoms with Gasteiger partial charge in [-0.25, -0.2) is 15.0 Å². The van der Waals surface area contributed by atoms with Crippen LogP contribution >= 0.6 is 11.3 Å². The molecule has 0 spiro atoms. The number of rotatable bonds is 5. The van der Waals surface area contributed by atoms with Crippen molar-refractivity contribution in [2.24, 2.45) is 0 Å². The second kappa shape index (κ2) is 12.8. The van der Waals surface area contributed by atoms with Gasteiger partial charge in [-0.1, -0.05) is 158 Å². The zero-order valence-electron chi connectivity index (χ0n) is 29.6. The van der Waals surface area contributed by atoms with Crippen LogP contribution < -0.4 is 0 Å². The van der Waals surface area contributed by atoms with E-state index in [4.69, 9.17) is 15.0 Å². The quantitative estimate of drug-likeness (QED) is 0.178. The highest BCUT2D eigenvalue weighted by Gasteiger charge is 2.21. The highest BCUT2D eigenvalue weighted by molar-refractivity contribution is 7.26. The fraction of sp³-hybridized carbons (Fsp3) is 0. The van der Waals surface area contributed by atoms with Crippen molar-refractivity contribution >= 4 is 63.8 Å². The van der Waals surface area contributed by atoms with Gasteiger partial charge in [-0.15, -0.1) is 11.3 Å². The summed E-state index contributed by atoms with van der Waals surface area (Å²) in [4.78, 5) is 15.8. The first-order chi connectivity index (χ1) is 27.2. The summed E-state index contributed by atoms with van der Waals surface area (Å²) in [5, 5.41) is 9.55. The normalized spacial score (nSPS) is 11.6. The van der Waals surface area contributed by atoms with Crippen LogP contribution in [0.3, 0.4) is 0 Å². The van der Waals surface area contributed by atoms with E-state index in [2.05, 4.69) is 170 Å². The highest BCUT2D eigenvalue weighted by Crippen LogP contribution is 2.46. The second-order valence-corrected chi connectivity index (χ2v) is 15.1. The molecule has 2 aromatic heterocycles. The molecule has 0 unspecified atom stereocenters. The molecule has 4 heteroatoms. The fourth-order valence-corrected chi connectivity index (χ4v) is 9.22. The molecule has 0 saturated carbocycles. The molecule has 2 heterocycles. The Kier molecular flexibility index (Phi) is 7.35. The van der Waals surface area contributed by atoms with E-state index in [0.717, 1.165) is 22.1 Å². The number of benzene rings is 9. The van der Waals surface area contributed by atoms with Crippen molar-refractivity contribution in [3.63, 3.8) is 0 Å². The monoisotopic (exact) mass is 717 g/mol. The third-order valence-electron chi connectivity index (χ3n) is 10.7. The third kappa shape index (κ3) is 5.46. The van der Waals surface area contributed by atoms with Crippen LogP contribution in [0.4, 0.5) is 0 Å². The van der Waals surface area contributed by atoms with Crippen molar-refractivity contribution in [3.05, 3.63) is 188 Å². The molecule has 0 amide bonds. The Bertz CT molecular complexity index is 3260. The van der Waals surface area contributed by atoms with Crippen LogP contribution in [0, 0.1) is 0 Å². The van der Waals surface area contributed by atoms with Crippen LogP contribution in [-0.2, 0) is 0 Å². The van der Waals surface area contributed by atoms with Crippen LogP contribution in [0.1, 0.15) is 0 Å². The van der Waals surface area contributed by atoms with Gasteiger partial charge < -0.3 is 0 Å². The van der Waals surface area contributed by atoms with Crippen LogP contribution in [0.5, 0.6) is 0 Å². The molecule has 0 saturated heterocycles. The minimum atomic E-state index is 0.647. The summed E-state index contributed by atoms with van der Waals surface area (Å²) in [6.45, 7) is 0. The Hall–Kier alpha value is -7.01. The maximum Gasteiger partial charge on any atom is 0.164 e. The van der Waals surface area contributed by atoms with Gasteiger partial charge in [0.2, 0.25) is 0 Å². The van der Waals surface area contributed by atoms with E-state index < -0.39 is 0 Å². The van der Waals surface area contributed by atoms with E-state index in [9.17, 15) is 0 Å². The summed E-state index contributed by atoms with van der Waals surface area (Å²) >= 11 is 1.84. The summed E-state index contributed by atoms with van der Waals surface area (Å²) in [6, 6.07) is 66.9. The van der Waals surface area contributed by atoms with E-state index in [1.54, 1.807) is 0 Å². The van der Waals surface area contributed by atoms with Gasteiger partial charge in [-0.05, 0) is 79.5 Å². The Morgan fingerprint density at radius 1 is 0.309 bits per heavy atom. The number of hydrogen-bond acceptors (Lipinski definition) is 4. The van der Waals surface area contributed by atoms with Gasteiger partial charge >= 0.3 is 0 Å². The SMILES string of the molecule is c1ccc(-c2ccc3cc(-c4nc(-c5ccccc5)nc(-c5cc6c(-c7ccc8ccccc8c7)cccc6c6sc7ccccc7c56)n4)ccc3c2)cc1. The second-order valence-electron chi connectivity index (χ2n) is 14.0. The molecule has 55 heavy (non-hydrogen) atoms. The predicted octanol–water partition coefficient (Wildman–Crippen LogP) is 14.0. The molecule has 9 aromatic carbocycles.